The zero-order chi connectivity index (χ0) is 13.5. The molecule has 106 valence electrons. The maximum atomic E-state index is 5.78. The van der Waals surface area contributed by atoms with Gasteiger partial charge in [-0.1, -0.05) is 19.1 Å². The van der Waals surface area contributed by atoms with Gasteiger partial charge in [-0.15, -0.1) is 11.8 Å². The van der Waals surface area contributed by atoms with Gasteiger partial charge in [0.05, 0.1) is 12.7 Å². The monoisotopic (exact) mass is 280 g/mol. The van der Waals surface area contributed by atoms with Crippen LogP contribution < -0.4 is 5.32 Å². The first kappa shape index (κ1) is 14.9. The smallest absolute Gasteiger partial charge is 0.0826 e. The van der Waals surface area contributed by atoms with Crippen LogP contribution in [0.15, 0.2) is 29.2 Å². The summed E-state index contributed by atoms with van der Waals surface area (Å²) >= 11 is 1.78. The quantitative estimate of drug-likeness (QED) is 0.808. The zero-order valence-corrected chi connectivity index (χ0v) is 12.7. The first-order chi connectivity index (χ1) is 9.31. The summed E-state index contributed by atoms with van der Waals surface area (Å²) in [5, 5.41) is 3.50. The van der Waals surface area contributed by atoms with E-state index in [0.29, 0.717) is 6.10 Å². The molecule has 1 N–H and O–H groups in total. The number of thioether (sulfide) groups is 1. The Morgan fingerprint density at radius 1 is 1.37 bits per heavy atom. The van der Waals surface area contributed by atoms with Gasteiger partial charge in [-0.25, -0.2) is 0 Å². The zero-order valence-electron chi connectivity index (χ0n) is 11.9. The second-order valence-electron chi connectivity index (χ2n) is 4.87. The molecule has 1 aromatic carbocycles. The third-order valence-corrected chi connectivity index (χ3v) is 4.27. The summed E-state index contributed by atoms with van der Waals surface area (Å²) in [4.78, 5) is 3.77. The normalized spacial score (nSPS) is 20.6. The first-order valence-electron chi connectivity index (χ1n) is 6.99. The molecule has 4 heteroatoms. The van der Waals surface area contributed by atoms with Crippen molar-refractivity contribution in [3.63, 3.8) is 0 Å². The van der Waals surface area contributed by atoms with E-state index in [4.69, 9.17) is 4.74 Å². The molecule has 0 amide bonds. The van der Waals surface area contributed by atoms with E-state index in [2.05, 4.69) is 47.7 Å². The van der Waals surface area contributed by atoms with Crippen molar-refractivity contribution in [1.29, 1.82) is 0 Å². The summed E-state index contributed by atoms with van der Waals surface area (Å²) in [6, 6.07) is 8.74. The molecule has 1 atom stereocenters. The van der Waals surface area contributed by atoms with Gasteiger partial charge in [0.2, 0.25) is 0 Å². The van der Waals surface area contributed by atoms with E-state index in [1.807, 2.05) is 0 Å². The summed E-state index contributed by atoms with van der Waals surface area (Å²) in [5.74, 6) is 0. The molecule has 1 aliphatic rings. The Balaban J connectivity index is 1.70. The van der Waals surface area contributed by atoms with Gasteiger partial charge in [0.1, 0.15) is 0 Å². The predicted molar refractivity (Wildman–Crippen MR) is 81.8 cm³/mol. The van der Waals surface area contributed by atoms with Crippen molar-refractivity contribution in [2.45, 2.75) is 24.5 Å². The number of hydrogen-bond acceptors (Lipinski definition) is 4. The van der Waals surface area contributed by atoms with Gasteiger partial charge in [0.25, 0.3) is 0 Å². The Bertz CT molecular complexity index is 369. The van der Waals surface area contributed by atoms with Crippen LogP contribution >= 0.6 is 11.8 Å². The predicted octanol–water partition coefficient (Wildman–Crippen LogP) is 2.22. The standard InChI is InChI=1S/C15H24N2OS/c1-3-17-8-9-18-14(12-17)11-16-10-13-4-6-15(19-2)7-5-13/h4-7,14,16H,3,8-12H2,1-2H3. The molecule has 1 unspecified atom stereocenters. The summed E-state index contributed by atoms with van der Waals surface area (Å²) in [6.45, 7) is 8.17. The summed E-state index contributed by atoms with van der Waals surface area (Å²) in [6.07, 6.45) is 2.44. The number of morpholine rings is 1. The number of benzene rings is 1. The minimum Gasteiger partial charge on any atom is -0.374 e. The Kier molecular flexibility index (Phi) is 6.17. The summed E-state index contributed by atoms with van der Waals surface area (Å²) < 4.78 is 5.78. The third kappa shape index (κ3) is 4.80. The Hall–Kier alpha value is -0.550. The van der Waals surface area contributed by atoms with E-state index < -0.39 is 0 Å². The lowest BCUT2D eigenvalue weighted by Crippen LogP contribution is -2.46. The SMILES string of the molecule is CCN1CCOC(CNCc2ccc(SC)cc2)C1. The van der Waals surface area contributed by atoms with Crippen LogP contribution in [0.4, 0.5) is 0 Å². The molecule has 1 saturated heterocycles. The van der Waals surface area contributed by atoms with Crippen LogP contribution in [0.25, 0.3) is 0 Å². The van der Waals surface area contributed by atoms with Gasteiger partial charge >= 0.3 is 0 Å². The fourth-order valence-electron chi connectivity index (χ4n) is 2.31. The van der Waals surface area contributed by atoms with Crippen LogP contribution in [-0.4, -0.2) is 50.0 Å². The van der Waals surface area contributed by atoms with E-state index in [1.165, 1.54) is 10.5 Å². The molecule has 1 aromatic rings. The van der Waals surface area contributed by atoms with E-state index in [-0.39, 0.29) is 0 Å². The first-order valence-corrected chi connectivity index (χ1v) is 8.22. The lowest BCUT2D eigenvalue weighted by Gasteiger charge is -2.32. The van der Waals surface area contributed by atoms with Crippen LogP contribution in [-0.2, 0) is 11.3 Å². The molecule has 19 heavy (non-hydrogen) atoms. The van der Waals surface area contributed by atoms with Gasteiger partial charge in [-0.3, -0.25) is 4.90 Å². The summed E-state index contributed by atoms with van der Waals surface area (Å²) in [5.41, 5.74) is 1.33. The van der Waals surface area contributed by atoms with Crippen LogP contribution in [0.2, 0.25) is 0 Å². The van der Waals surface area contributed by atoms with Crippen molar-refractivity contribution in [3.8, 4) is 0 Å². The third-order valence-electron chi connectivity index (χ3n) is 3.53. The second-order valence-corrected chi connectivity index (χ2v) is 5.74. The number of nitrogens with zero attached hydrogens (tertiary/aromatic N) is 1. The van der Waals surface area contributed by atoms with Gasteiger partial charge < -0.3 is 10.1 Å². The number of likely N-dealkylation sites (N-methyl/N-ethyl adjacent to an activating group) is 1. The fourth-order valence-corrected chi connectivity index (χ4v) is 2.72. The molecular weight excluding hydrogens is 256 g/mol. The molecule has 0 aliphatic carbocycles. The molecule has 3 nitrogen and oxygen atoms in total. The van der Waals surface area contributed by atoms with Gasteiger partial charge in [0.15, 0.2) is 0 Å². The molecule has 0 bridgehead atoms. The molecule has 2 rings (SSSR count). The van der Waals surface area contributed by atoms with Crippen molar-refractivity contribution in [2.24, 2.45) is 0 Å². The largest absolute Gasteiger partial charge is 0.374 e. The molecule has 1 fully saturated rings. The highest BCUT2D eigenvalue weighted by Crippen LogP contribution is 2.14. The van der Waals surface area contributed by atoms with E-state index in [9.17, 15) is 0 Å². The highest BCUT2D eigenvalue weighted by atomic mass is 32.2. The summed E-state index contributed by atoms with van der Waals surface area (Å²) in [7, 11) is 0. The van der Waals surface area contributed by atoms with Crippen molar-refractivity contribution in [2.75, 3.05) is 39.0 Å². The molecule has 0 saturated carbocycles. The Morgan fingerprint density at radius 2 is 2.16 bits per heavy atom. The Labute approximate surface area is 120 Å². The topological polar surface area (TPSA) is 24.5 Å². The van der Waals surface area contributed by atoms with Crippen LogP contribution in [0, 0.1) is 0 Å². The second kappa shape index (κ2) is 7.90. The van der Waals surface area contributed by atoms with Gasteiger partial charge in [0, 0.05) is 31.1 Å². The lowest BCUT2D eigenvalue weighted by atomic mass is 10.2. The van der Waals surface area contributed by atoms with Crippen molar-refractivity contribution < 1.29 is 4.74 Å². The highest BCUT2D eigenvalue weighted by Gasteiger charge is 2.18. The maximum absolute atomic E-state index is 5.78. The number of nitrogens with one attached hydrogen (secondary N) is 1. The molecule has 0 aromatic heterocycles. The lowest BCUT2D eigenvalue weighted by molar-refractivity contribution is -0.0253. The van der Waals surface area contributed by atoms with Crippen molar-refractivity contribution >= 4 is 11.8 Å². The molecule has 1 heterocycles. The van der Waals surface area contributed by atoms with E-state index >= 15 is 0 Å². The molecule has 1 aliphatic heterocycles. The average Bonchev–Trinajstić information content (AvgIpc) is 2.48. The van der Waals surface area contributed by atoms with Crippen molar-refractivity contribution in [3.05, 3.63) is 29.8 Å². The van der Waals surface area contributed by atoms with E-state index in [1.54, 1.807) is 11.8 Å². The van der Waals surface area contributed by atoms with Crippen LogP contribution in [0.3, 0.4) is 0 Å². The number of rotatable bonds is 6. The number of ether oxygens (including phenoxy) is 1. The van der Waals surface area contributed by atoms with Gasteiger partial charge in [-0.05, 0) is 30.5 Å². The average molecular weight is 280 g/mol. The molecule has 0 radical (unpaired) electrons. The molecule has 0 spiro atoms. The maximum Gasteiger partial charge on any atom is 0.0826 e. The van der Waals surface area contributed by atoms with Crippen LogP contribution in [0.1, 0.15) is 12.5 Å². The minimum atomic E-state index is 0.333. The number of hydrogen-bond donors (Lipinski definition) is 1. The minimum absolute atomic E-state index is 0.333. The fraction of sp³-hybridized carbons (Fsp3) is 0.600. The van der Waals surface area contributed by atoms with E-state index in [0.717, 1.165) is 39.3 Å². The highest BCUT2D eigenvalue weighted by molar-refractivity contribution is 7.98. The van der Waals surface area contributed by atoms with Gasteiger partial charge in [-0.2, -0.15) is 0 Å². The Morgan fingerprint density at radius 3 is 2.84 bits per heavy atom. The van der Waals surface area contributed by atoms with Crippen LogP contribution in [0.5, 0.6) is 0 Å². The van der Waals surface area contributed by atoms with Crippen molar-refractivity contribution in [1.82, 2.24) is 10.2 Å². The molecular formula is C15H24N2OS.